The molecule has 134 valence electrons. The summed E-state index contributed by atoms with van der Waals surface area (Å²) in [6.07, 6.45) is 9.74. The van der Waals surface area contributed by atoms with E-state index in [1.165, 1.54) is 11.0 Å². The quantitative estimate of drug-likeness (QED) is 0.715. The molecule has 1 aliphatic rings. The maximum Gasteiger partial charge on any atom is 0.328 e. The van der Waals surface area contributed by atoms with Crippen LogP contribution in [0.2, 0.25) is 0 Å². The van der Waals surface area contributed by atoms with Gasteiger partial charge >= 0.3 is 5.69 Å². The van der Waals surface area contributed by atoms with Crippen LogP contribution in [0.3, 0.4) is 0 Å². The van der Waals surface area contributed by atoms with Crippen LogP contribution in [0.5, 0.6) is 0 Å². The van der Waals surface area contributed by atoms with Crippen LogP contribution in [0.25, 0.3) is 11.6 Å². The summed E-state index contributed by atoms with van der Waals surface area (Å²) in [6.45, 7) is 0.720. The number of oxazole rings is 1. The number of ether oxygens (including phenoxy) is 1. The molecule has 3 heterocycles. The molecule has 4 rings (SSSR count). The molecule has 0 bridgehead atoms. The van der Waals surface area contributed by atoms with Crippen molar-refractivity contribution in [1.82, 2.24) is 24.1 Å². The Morgan fingerprint density at radius 3 is 2.92 bits per heavy atom. The molecule has 1 N–H and O–H groups in total. The van der Waals surface area contributed by atoms with E-state index in [1.54, 1.807) is 38.1 Å². The van der Waals surface area contributed by atoms with E-state index in [4.69, 9.17) is 9.15 Å². The van der Waals surface area contributed by atoms with E-state index in [2.05, 4.69) is 15.0 Å². The smallest absolute Gasteiger partial charge is 0.328 e. The van der Waals surface area contributed by atoms with Crippen LogP contribution in [-0.2, 0) is 24.2 Å². The maximum atomic E-state index is 12.9. The number of aromatic amines is 1. The lowest BCUT2D eigenvalue weighted by Crippen LogP contribution is -2.40. The predicted molar refractivity (Wildman–Crippen MR) is 92.4 cm³/mol. The van der Waals surface area contributed by atoms with Gasteiger partial charge in [0.1, 0.15) is 0 Å². The number of imidazole rings is 1. The Morgan fingerprint density at radius 1 is 1.35 bits per heavy atom. The van der Waals surface area contributed by atoms with Crippen LogP contribution in [-0.4, -0.2) is 37.3 Å². The van der Waals surface area contributed by atoms with Gasteiger partial charge in [0.15, 0.2) is 12.2 Å². The number of rotatable bonds is 5. The van der Waals surface area contributed by atoms with Crippen molar-refractivity contribution in [3.8, 4) is 0 Å². The van der Waals surface area contributed by atoms with Crippen LogP contribution in [0.15, 0.2) is 45.3 Å². The molecular weight excluding hydrogens is 338 g/mol. The first-order chi connectivity index (χ1) is 12.7. The van der Waals surface area contributed by atoms with Crippen LogP contribution < -0.4 is 11.2 Å². The van der Waals surface area contributed by atoms with Crippen LogP contribution in [0.1, 0.15) is 17.0 Å². The van der Waals surface area contributed by atoms with Crippen molar-refractivity contribution in [1.29, 1.82) is 0 Å². The lowest BCUT2D eigenvalue weighted by atomic mass is 9.93. The van der Waals surface area contributed by atoms with Crippen LogP contribution >= 0.6 is 0 Å². The molecule has 0 saturated carbocycles. The largest absolute Gasteiger partial charge is 0.444 e. The van der Waals surface area contributed by atoms with Crippen LogP contribution in [0, 0.1) is 0 Å². The van der Waals surface area contributed by atoms with E-state index in [1.807, 2.05) is 4.57 Å². The van der Waals surface area contributed by atoms with Crippen molar-refractivity contribution in [2.24, 2.45) is 0 Å². The van der Waals surface area contributed by atoms with E-state index in [0.717, 1.165) is 5.57 Å². The number of nitrogens with zero attached hydrogens (tertiary/aromatic N) is 4. The van der Waals surface area contributed by atoms with E-state index >= 15 is 0 Å². The summed E-state index contributed by atoms with van der Waals surface area (Å²) in [4.78, 5) is 35.9. The highest BCUT2D eigenvalue weighted by Crippen LogP contribution is 2.29. The van der Waals surface area contributed by atoms with Gasteiger partial charge in [0.25, 0.3) is 5.56 Å². The lowest BCUT2D eigenvalue weighted by molar-refractivity contribution is 0.146. The minimum Gasteiger partial charge on any atom is -0.444 e. The zero-order valence-corrected chi connectivity index (χ0v) is 14.1. The second-order valence-electron chi connectivity index (χ2n) is 5.97. The third-order valence-electron chi connectivity index (χ3n) is 4.48. The third kappa shape index (κ3) is 2.82. The monoisotopic (exact) mass is 355 g/mol. The first-order valence-electron chi connectivity index (χ1n) is 8.12. The van der Waals surface area contributed by atoms with E-state index in [-0.39, 0.29) is 18.2 Å². The molecule has 0 aliphatic heterocycles. The summed E-state index contributed by atoms with van der Waals surface area (Å²) in [5.74, 6) is 0.540. The van der Waals surface area contributed by atoms with Crippen molar-refractivity contribution in [3.63, 3.8) is 0 Å². The summed E-state index contributed by atoms with van der Waals surface area (Å²) in [5.41, 5.74) is 0.961. The highest BCUT2D eigenvalue weighted by molar-refractivity contribution is 5.84. The number of nitrogens with one attached hydrogen (secondary N) is 1. The normalized spacial score (nSPS) is 16.3. The second-order valence-corrected chi connectivity index (χ2v) is 5.97. The minimum atomic E-state index is -0.430. The topological polar surface area (TPSA) is 108 Å². The molecule has 3 aromatic rings. The zero-order chi connectivity index (χ0) is 18.1. The molecule has 0 radical (unpaired) electrons. The summed E-state index contributed by atoms with van der Waals surface area (Å²) in [6, 6.07) is 0. The van der Waals surface area contributed by atoms with Crippen LogP contribution in [0.4, 0.5) is 0 Å². The first kappa shape index (κ1) is 16.3. The van der Waals surface area contributed by atoms with Gasteiger partial charge in [0, 0.05) is 50.3 Å². The predicted octanol–water partition coefficient (Wildman–Crippen LogP) is 0.533. The Balaban J connectivity index is 1.76. The maximum absolute atomic E-state index is 12.9. The Kier molecular flexibility index (Phi) is 4.13. The van der Waals surface area contributed by atoms with Gasteiger partial charge in [0.05, 0.1) is 24.2 Å². The molecule has 1 aliphatic carbocycles. The second kappa shape index (κ2) is 6.60. The number of hydrogen-bond acceptors (Lipinski definition) is 6. The summed E-state index contributed by atoms with van der Waals surface area (Å²) in [5, 5.41) is 0. The number of aryl methyl sites for hydroxylation is 1. The van der Waals surface area contributed by atoms with Gasteiger partial charge in [-0.3, -0.25) is 9.36 Å². The average molecular weight is 355 g/mol. The van der Waals surface area contributed by atoms with Gasteiger partial charge in [-0.15, -0.1) is 0 Å². The molecular formula is C17H17N5O4. The van der Waals surface area contributed by atoms with Crippen molar-refractivity contribution in [2.75, 3.05) is 7.11 Å². The Bertz CT molecular complexity index is 1040. The summed E-state index contributed by atoms with van der Waals surface area (Å²) < 4.78 is 13.9. The number of fused-ring (bicyclic) bond motifs is 1. The van der Waals surface area contributed by atoms with Gasteiger partial charge in [0.2, 0.25) is 0 Å². The molecule has 26 heavy (non-hydrogen) atoms. The van der Waals surface area contributed by atoms with E-state index in [9.17, 15) is 9.59 Å². The third-order valence-corrected chi connectivity index (χ3v) is 4.48. The molecule has 1 unspecified atom stereocenters. The summed E-state index contributed by atoms with van der Waals surface area (Å²) >= 11 is 0. The highest BCUT2D eigenvalue weighted by Gasteiger charge is 2.27. The van der Waals surface area contributed by atoms with Crippen molar-refractivity contribution in [3.05, 3.63) is 69.2 Å². The molecule has 3 aromatic heterocycles. The van der Waals surface area contributed by atoms with Gasteiger partial charge in [-0.25, -0.2) is 14.8 Å². The molecule has 1 atom stereocenters. The van der Waals surface area contributed by atoms with Gasteiger partial charge in [-0.05, 0) is 6.08 Å². The fraction of sp³-hybridized carbons (Fsp3) is 0.294. The van der Waals surface area contributed by atoms with E-state index < -0.39 is 5.69 Å². The van der Waals surface area contributed by atoms with Gasteiger partial charge < -0.3 is 18.7 Å². The van der Waals surface area contributed by atoms with E-state index in [0.29, 0.717) is 30.0 Å². The Labute approximate surface area is 147 Å². The SMILES string of the molecule is COC1Cc2[nH]c(=O)n(CCn3ccnc3)c(=O)c2C=C1c1cnco1. The van der Waals surface area contributed by atoms with Crippen molar-refractivity contribution < 1.29 is 9.15 Å². The average Bonchev–Trinajstić information content (AvgIpc) is 3.34. The van der Waals surface area contributed by atoms with Crippen molar-refractivity contribution in [2.45, 2.75) is 25.6 Å². The molecule has 0 fully saturated rings. The van der Waals surface area contributed by atoms with Gasteiger partial charge in [-0.1, -0.05) is 0 Å². The minimum absolute atomic E-state index is 0.247. The molecule has 0 amide bonds. The fourth-order valence-corrected chi connectivity index (χ4v) is 3.12. The Morgan fingerprint density at radius 2 is 2.23 bits per heavy atom. The van der Waals surface area contributed by atoms with Crippen molar-refractivity contribution >= 4 is 11.6 Å². The number of H-pyrrole nitrogens is 1. The molecule has 9 heteroatoms. The number of hydrogen-bond donors (Lipinski definition) is 1. The van der Waals surface area contributed by atoms with Gasteiger partial charge in [-0.2, -0.15) is 0 Å². The lowest BCUT2D eigenvalue weighted by Gasteiger charge is -2.23. The zero-order valence-electron chi connectivity index (χ0n) is 14.1. The summed E-state index contributed by atoms with van der Waals surface area (Å²) in [7, 11) is 1.57. The fourth-order valence-electron chi connectivity index (χ4n) is 3.12. The Hall–Kier alpha value is -3.20. The highest BCUT2D eigenvalue weighted by atomic mass is 16.5. The number of methoxy groups -OCH3 is 1. The molecule has 0 aromatic carbocycles. The molecule has 0 spiro atoms. The standard InChI is InChI=1S/C17H17N5O4/c1-25-14-7-13-11(6-12(14)15-8-19-10-26-15)16(23)22(17(24)20-13)5-4-21-3-2-18-9-21/h2-3,6,8-10,14H,4-5,7H2,1H3,(H,20,24). The number of aromatic nitrogens is 5. The molecule has 9 nitrogen and oxygen atoms in total. The first-order valence-corrected chi connectivity index (χ1v) is 8.12. The molecule has 0 saturated heterocycles.